The first kappa shape index (κ1) is 15.9. The van der Waals surface area contributed by atoms with Crippen LogP contribution >= 0.6 is 0 Å². The van der Waals surface area contributed by atoms with E-state index in [1.165, 1.54) is 12.1 Å². The van der Waals surface area contributed by atoms with Crippen LogP contribution in [-0.4, -0.2) is 24.4 Å². The molecule has 0 heterocycles. The number of aliphatic hydroxyl groups is 1. The second kappa shape index (κ2) is 6.82. The summed E-state index contributed by atoms with van der Waals surface area (Å²) >= 11 is 0. The quantitative estimate of drug-likeness (QED) is 0.802. The molecule has 0 aromatic heterocycles. The second-order valence-corrected chi connectivity index (χ2v) is 4.85. The SMILES string of the molecule is CCC(C)NC(C)(CO)c1ccc(OC(F)F)cc1. The van der Waals surface area contributed by atoms with Crippen LogP contribution in [-0.2, 0) is 5.54 Å². The zero-order valence-corrected chi connectivity index (χ0v) is 11.5. The van der Waals surface area contributed by atoms with Crippen molar-refractivity contribution in [3.05, 3.63) is 29.8 Å². The predicted molar refractivity (Wildman–Crippen MR) is 70.4 cm³/mol. The van der Waals surface area contributed by atoms with E-state index < -0.39 is 12.2 Å². The van der Waals surface area contributed by atoms with Crippen LogP contribution in [0.3, 0.4) is 0 Å². The maximum Gasteiger partial charge on any atom is 0.387 e. The molecule has 2 N–H and O–H groups in total. The molecule has 0 bridgehead atoms. The van der Waals surface area contributed by atoms with E-state index in [0.29, 0.717) is 0 Å². The molecule has 1 rings (SSSR count). The van der Waals surface area contributed by atoms with Gasteiger partial charge in [-0.1, -0.05) is 19.1 Å². The summed E-state index contributed by atoms with van der Waals surface area (Å²) in [5.41, 5.74) is 0.232. The fourth-order valence-corrected chi connectivity index (χ4v) is 1.87. The summed E-state index contributed by atoms with van der Waals surface area (Å²) in [6, 6.07) is 6.57. The van der Waals surface area contributed by atoms with Crippen molar-refractivity contribution in [2.24, 2.45) is 0 Å². The van der Waals surface area contributed by atoms with Gasteiger partial charge in [0.2, 0.25) is 0 Å². The fourth-order valence-electron chi connectivity index (χ4n) is 1.87. The summed E-state index contributed by atoms with van der Waals surface area (Å²) in [5.74, 6) is 0.113. The molecule has 0 amide bonds. The number of benzene rings is 1. The van der Waals surface area contributed by atoms with Gasteiger partial charge in [-0.05, 0) is 38.0 Å². The molecule has 2 unspecified atom stereocenters. The number of alkyl halides is 2. The molecule has 108 valence electrons. The highest BCUT2D eigenvalue weighted by atomic mass is 19.3. The van der Waals surface area contributed by atoms with Gasteiger partial charge < -0.3 is 15.2 Å². The van der Waals surface area contributed by atoms with E-state index in [-0.39, 0.29) is 18.4 Å². The van der Waals surface area contributed by atoms with E-state index in [2.05, 4.69) is 17.0 Å². The average Bonchev–Trinajstić information content (AvgIpc) is 2.38. The largest absolute Gasteiger partial charge is 0.435 e. The lowest BCUT2D eigenvalue weighted by Crippen LogP contribution is -2.47. The highest BCUT2D eigenvalue weighted by molar-refractivity contribution is 5.31. The van der Waals surface area contributed by atoms with Crippen LogP contribution in [0.4, 0.5) is 8.78 Å². The van der Waals surface area contributed by atoms with Crippen molar-refractivity contribution < 1.29 is 18.6 Å². The van der Waals surface area contributed by atoms with Crippen molar-refractivity contribution in [1.82, 2.24) is 5.32 Å². The lowest BCUT2D eigenvalue weighted by atomic mass is 9.91. The molecule has 19 heavy (non-hydrogen) atoms. The maximum absolute atomic E-state index is 12.1. The standard InChI is InChI=1S/C14H21F2NO2/c1-4-10(2)17-14(3,9-18)11-5-7-12(8-6-11)19-13(15)16/h5-8,10,13,17-18H,4,9H2,1-3H3. The van der Waals surface area contributed by atoms with E-state index >= 15 is 0 Å². The molecule has 0 saturated heterocycles. The Kier molecular flexibility index (Phi) is 5.69. The van der Waals surface area contributed by atoms with Gasteiger partial charge in [-0.15, -0.1) is 0 Å². The number of nitrogens with one attached hydrogen (secondary N) is 1. The van der Waals surface area contributed by atoms with Gasteiger partial charge >= 0.3 is 6.61 Å². The molecule has 0 saturated carbocycles. The molecule has 1 aromatic carbocycles. The number of ether oxygens (including phenoxy) is 1. The summed E-state index contributed by atoms with van der Waals surface area (Å²) in [6.45, 7) is 3.06. The first-order chi connectivity index (χ1) is 8.91. The number of aliphatic hydroxyl groups excluding tert-OH is 1. The topological polar surface area (TPSA) is 41.5 Å². The number of hydrogen-bond donors (Lipinski definition) is 2. The summed E-state index contributed by atoms with van der Waals surface area (Å²) in [6.07, 6.45) is 0.933. The smallest absolute Gasteiger partial charge is 0.387 e. The minimum absolute atomic E-state index is 0.0770. The Hall–Kier alpha value is -1.20. The van der Waals surface area contributed by atoms with Crippen LogP contribution in [0.2, 0.25) is 0 Å². The lowest BCUT2D eigenvalue weighted by Gasteiger charge is -2.32. The summed E-state index contributed by atoms with van der Waals surface area (Å²) < 4.78 is 28.4. The molecule has 0 radical (unpaired) electrons. The van der Waals surface area contributed by atoms with E-state index in [0.717, 1.165) is 12.0 Å². The Morgan fingerprint density at radius 1 is 1.32 bits per heavy atom. The Labute approximate surface area is 112 Å². The lowest BCUT2D eigenvalue weighted by molar-refractivity contribution is -0.0498. The minimum Gasteiger partial charge on any atom is -0.435 e. The van der Waals surface area contributed by atoms with Crippen LogP contribution in [0.25, 0.3) is 0 Å². The van der Waals surface area contributed by atoms with E-state index in [1.807, 2.05) is 13.8 Å². The van der Waals surface area contributed by atoms with Gasteiger partial charge in [0.15, 0.2) is 0 Å². The fraction of sp³-hybridized carbons (Fsp3) is 0.571. The molecule has 5 heteroatoms. The molecule has 0 aliphatic carbocycles. The van der Waals surface area contributed by atoms with Gasteiger partial charge in [0.05, 0.1) is 12.1 Å². The highest BCUT2D eigenvalue weighted by Crippen LogP contribution is 2.24. The van der Waals surface area contributed by atoms with E-state index in [9.17, 15) is 13.9 Å². The molecule has 3 nitrogen and oxygen atoms in total. The zero-order valence-electron chi connectivity index (χ0n) is 11.5. The monoisotopic (exact) mass is 273 g/mol. The maximum atomic E-state index is 12.1. The van der Waals surface area contributed by atoms with Crippen molar-refractivity contribution >= 4 is 0 Å². The summed E-state index contributed by atoms with van der Waals surface area (Å²) in [7, 11) is 0. The number of hydrogen-bond acceptors (Lipinski definition) is 3. The number of halogens is 2. The molecular weight excluding hydrogens is 252 g/mol. The van der Waals surface area contributed by atoms with Crippen LogP contribution in [0, 0.1) is 0 Å². The van der Waals surface area contributed by atoms with Crippen molar-refractivity contribution in [3.63, 3.8) is 0 Å². The minimum atomic E-state index is -2.83. The van der Waals surface area contributed by atoms with Gasteiger partial charge in [-0.2, -0.15) is 8.78 Å². The third-order valence-electron chi connectivity index (χ3n) is 3.21. The van der Waals surface area contributed by atoms with Crippen LogP contribution in [0.5, 0.6) is 5.75 Å². The van der Waals surface area contributed by atoms with E-state index in [4.69, 9.17) is 0 Å². The first-order valence-corrected chi connectivity index (χ1v) is 6.35. The van der Waals surface area contributed by atoms with Crippen LogP contribution in [0.1, 0.15) is 32.8 Å². The molecule has 2 atom stereocenters. The normalized spacial score (nSPS) is 16.2. The molecule has 1 aromatic rings. The predicted octanol–water partition coefficient (Wildman–Crippen LogP) is 2.88. The number of rotatable bonds is 7. The zero-order chi connectivity index (χ0) is 14.5. The van der Waals surface area contributed by atoms with Gasteiger partial charge in [0.25, 0.3) is 0 Å². The Balaban J connectivity index is 2.86. The Morgan fingerprint density at radius 2 is 1.89 bits per heavy atom. The van der Waals surface area contributed by atoms with Gasteiger partial charge in [-0.25, -0.2) is 0 Å². The molecule has 0 aliphatic heterocycles. The Bertz CT molecular complexity index is 384. The molecular formula is C14H21F2NO2. The van der Waals surface area contributed by atoms with Crippen molar-refractivity contribution in [2.45, 2.75) is 45.4 Å². The summed E-state index contributed by atoms with van der Waals surface area (Å²) in [4.78, 5) is 0. The van der Waals surface area contributed by atoms with Crippen LogP contribution in [0.15, 0.2) is 24.3 Å². The molecule has 0 spiro atoms. The Morgan fingerprint density at radius 3 is 2.32 bits per heavy atom. The molecule has 0 aliphatic rings. The van der Waals surface area contributed by atoms with Gasteiger partial charge in [0.1, 0.15) is 5.75 Å². The third kappa shape index (κ3) is 4.44. The van der Waals surface area contributed by atoms with Crippen LogP contribution < -0.4 is 10.1 Å². The summed E-state index contributed by atoms with van der Waals surface area (Å²) in [5, 5.41) is 12.9. The van der Waals surface area contributed by atoms with Crippen molar-refractivity contribution in [1.29, 1.82) is 0 Å². The van der Waals surface area contributed by atoms with E-state index in [1.54, 1.807) is 12.1 Å². The first-order valence-electron chi connectivity index (χ1n) is 6.35. The van der Waals surface area contributed by atoms with Gasteiger partial charge in [0, 0.05) is 6.04 Å². The average molecular weight is 273 g/mol. The highest BCUT2D eigenvalue weighted by Gasteiger charge is 2.26. The second-order valence-electron chi connectivity index (χ2n) is 4.85. The van der Waals surface area contributed by atoms with Crippen molar-refractivity contribution in [3.8, 4) is 5.75 Å². The third-order valence-corrected chi connectivity index (χ3v) is 3.21. The van der Waals surface area contributed by atoms with Gasteiger partial charge in [-0.3, -0.25) is 0 Å². The van der Waals surface area contributed by atoms with Crippen molar-refractivity contribution in [2.75, 3.05) is 6.61 Å². The molecule has 0 fully saturated rings.